The summed E-state index contributed by atoms with van der Waals surface area (Å²) in [5.41, 5.74) is 0.228. The first-order valence-electron chi connectivity index (χ1n) is 9.82. The average Bonchev–Trinajstić information content (AvgIpc) is 3.00. The maximum absolute atomic E-state index is 13.7. The molecular formula is C22H19ClF2N2O5S. The lowest BCUT2D eigenvalue weighted by Gasteiger charge is -2.14. The van der Waals surface area contributed by atoms with Crippen LogP contribution >= 0.6 is 23.4 Å². The van der Waals surface area contributed by atoms with Crippen molar-refractivity contribution in [2.45, 2.75) is 13.8 Å². The first-order valence-corrected chi connectivity index (χ1v) is 11.0. The molecule has 0 saturated carbocycles. The number of amides is 3. The number of carbonyl (C=O) groups excluding carboxylic acids is 3. The number of nitrogens with zero attached hydrogens (tertiary/aromatic N) is 1. The topological polar surface area (TPSA) is 84.9 Å². The van der Waals surface area contributed by atoms with Crippen molar-refractivity contribution >= 4 is 52.2 Å². The van der Waals surface area contributed by atoms with Gasteiger partial charge in [-0.2, -0.15) is 0 Å². The Hall–Kier alpha value is -3.11. The molecule has 3 amide bonds. The molecule has 0 aromatic heterocycles. The van der Waals surface area contributed by atoms with Crippen molar-refractivity contribution in [2.24, 2.45) is 0 Å². The number of halogens is 3. The van der Waals surface area contributed by atoms with Gasteiger partial charge in [-0.05, 0) is 61.5 Å². The van der Waals surface area contributed by atoms with Crippen molar-refractivity contribution in [3.05, 3.63) is 57.5 Å². The Morgan fingerprint density at radius 2 is 1.88 bits per heavy atom. The van der Waals surface area contributed by atoms with Crippen molar-refractivity contribution in [3.63, 3.8) is 0 Å². The van der Waals surface area contributed by atoms with E-state index in [0.29, 0.717) is 48.1 Å². The Bertz CT molecular complexity index is 1140. The Morgan fingerprint density at radius 3 is 2.55 bits per heavy atom. The maximum atomic E-state index is 13.7. The van der Waals surface area contributed by atoms with E-state index in [2.05, 4.69) is 5.32 Å². The highest BCUT2D eigenvalue weighted by Gasteiger charge is 2.36. The molecule has 2 aromatic rings. The first-order chi connectivity index (χ1) is 15.7. The highest BCUT2D eigenvalue weighted by molar-refractivity contribution is 8.18. The lowest BCUT2D eigenvalue weighted by Crippen LogP contribution is -2.36. The normalized spacial score (nSPS) is 14.7. The van der Waals surface area contributed by atoms with E-state index in [1.54, 1.807) is 26.0 Å². The standard InChI is InChI=1S/C22H19ClF2N2O5S/c1-3-31-17-8-12(7-14(23)20(17)32-4-2)9-18-21(29)27(22(30)33-18)11-19(28)26-16-6-5-13(24)10-15(16)25/h5-10H,3-4,11H2,1-2H3,(H,26,28)/b18-9+. The highest BCUT2D eigenvalue weighted by atomic mass is 35.5. The number of rotatable bonds is 8. The van der Waals surface area contributed by atoms with E-state index in [4.69, 9.17) is 21.1 Å². The van der Waals surface area contributed by atoms with Crippen molar-refractivity contribution < 1.29 is 32.6 Å². The van der Waals surface area contributed by atoms with Gasteiger partial charge in [-0.3, -0.25) is 19.3 Å². The van der Waals surface area contributed by atoms with Gasteiger partial charge in [-0.25, -0.2) is 8.78 Å². The van der Waals surface area contributed by atoms with E-state index in [1.807, 2.05) is 0 Å². The summed E-state index contributed by atoms with van der Waals surface area (Å²) in [6.45, 7) is 3.70. The number of hydrogen-bond acceptors (Lipinski definition) is 6. The molecular weight excluding hydrogens is 478 g/mol. The van der Waals surface area contributed by atoms with Gasteiger partial charge in [-0.15, -0.1) is 0 Å². The van der Waals surface area contributed by atoms with Crippen molar-refractivity contribution in [1.82, 2.24) is 4.90 Å². The second-order valence-corrected chi connectivity index (χ2v) is 8.04. The Labute approximate surface area is 197 Å². The van der Waals surface area contributed by atoms with Crippen LogP contribution in [-0.2, 0) is 9.59 Å². The number of benzene rings is 2. The monoisotopic (exact) mass is 496 g/mol. The summed E-state index contributed by atoms with van der Waals surface area (Å²) in [5.74, 6) is -2.53. The molecule has 33 heavy (non-hydrogen) atoms. The lowest BCUT2D eigenvalue weighted by molar-refractivity contribution is -0.127. The van der Waals surface area contributed by atoms with Gasteiger partial charge in [0, 0.05) is 6.07 Å². The minimum Gasteiger partial charge on any atom is -0.490 e. The van der Waals surface area contributed by atoms with Crippen molar-refractivity contribution in [2.75, 3.05) is 25.1 Å². The summed E-state index contributed by atoms with van der Waals surface area (Å²) in [6, 6.07) is 5.81. The molecule has 0 aliphatic carbocycles. The molecule has 2 aromatic carbocycles. The summed E-state index contributed by atoms with van der Waals surface area (Å²) in [5, 5.41) is 1.82. The molecule has 0 bridgehead atoms. The van der Waals surface area contributed by atoms with Gasteiger partial charge in [0.15, 0.2) is 11.5 Å². The van der Waals surface area contributed by atoms with Gasteiger partial charge >= 0.3 is 0 Å². The predicted octanol–water partition coefficient (Wildman–Crippen LogP) is 5.09. The van der Waals surface area contributed by atoms with Gasteiger partial charge in [0.2, 0.25) is 5.91 Å². The van der Waals surface area contributed by atoms with Crippen LogP contribution in [0.3, 0.4) is 0 Å². The van der Waals surface area contributed by atoms with Crippen LogP contribution in [0.5, 0.6) is 11.5 Å². The number of carbonyl (C=O) groups is 3. The number of imide groups is 1. The Balaban J connectivity index is 1.77. The second-order valence-electron chi connectivity index (χ2n) is 6.64. The molecule has 1 aliphatic rings. The Morgan fingerprint density at radius 1 is 1.15 bits per heavy atom. The van der Waals surface area contributed by atoms with Crippen LogP contribution in [0.4, 0.5) is 19.3 Å². The number of hydrogen-bond donors (Lipinski definition) is 1. The zero-order chi connectivity index (χ0) is 24.1. The predicted molar refractivity (Wildman–Crippen MR) is 121 cm³/mol. The molecule has 1 aliphatic heterocycles. The molecule has 1 N–H and O–H groups in total. The van der Waals surface area contributed by atoms with Crippen LogP contribution < -0.4 is 14.8 Å². The minimum atomic E-state index is -0.977. The van der Waals surface area contributed by atoms with Crippen LogP contribution in [0.1, 0.15) is 19.4 Å². The summed E-state index contributed by atoms with van der Waals surface area (Å²) >= 11 is 6.94. The van der Waals surface area contributed by atoms with E-state index >= 15 is 0 Å². The second kappa shape index (κ2) is 10.7. The molecule has 1 heterocycles. The molecule has 0 spiro atoms. The summed E-state index contributed by atoms with van der Waals surface area (Å²) in [7, 11) is 0. The average molecular weight is 497 g/mol. The third-order valence-electron chi connectivity index (χ3n) is 4.30. The van der Waals surface area contributed by atoms with Crippen LogP contribution in [-0.4, -0.2) is 41.7 Å². The van der Waals surface area contributed by atoms with Crippen molar-refractivity contribution in [1.29, 1.82) is 0 Å². The molecule has 1 fully saturated rings. The Kier molecular flexibility index (Phi) is 7.93. The third kappa shape index (κ3) is 5.82. The minimum absolute atomic E-state index is 0.0726. The van der Waals surface area contributed by atoms with Gasteiger partial charge in [0.1, 0.15) is 18.2 Å². The van der Waals surface area contributed by atoms with E-state index in [9.17, 15) is 23.2 Å². The number of thioether (sulfide) groups is 1. The van der Waals surface area contributed by atoms with E-state index < -0.39 is 35.2 Å². The smallest absolute Gasteiger partial charge is 0.294 e. The SMILES string of the molecule is CCOc1cc(/C=C2/SC(=O)N(CC(=O)Nc3ccc(F)cc3F)C2=O)cc(Cl)c1OCC. The zero-order valence-corrected chi connectivity index (χ0v) is 19.2. The van der Waals surface area contributed by atoms with Crippen LogP contribution in [0, 0.1) is 11.6 Å². The summed E-state index contributed by atoms with van der Waals surface area (Å²) in [4.78, 5) is 38.1. The fourth-order valence-electron chi connectivity index (χ4n) is 2.93. The quantitative estimate of drug-likeness (QED) is 0.512. The van der Waals surface area contributed by atoms with E-state index in [1.165, 1.54) is 6.08 Å². The summed E-state index contributed by atoms with van der Waals surface area (Å²) in [6.07, 6.45) is 1.45. The molecule has 0 unspecified atom stereocenters. The zero-order valence-electron chi connectivity index (χ0n) is 17.6. The van der Waals surface area contributed by atoms with E-state index in [0.717, 1.165) is 17.0 Å². The fourth-order valence-corrected chi connectivity index (χ4v) is 4.04. The van der Waals surface area contributed by atoms with Gasteiger partial charge in [-0.1, -0.05) is 11.6 Å². The van der Waals surface area contributed by atoms with Crippen LogP contribution in [0.2, 0.25) is 5.02 Å². The van der Waals surface area contributed by atoms with Gasteiger partial charge in [0.25, 0.3) is 11.1 Å². The van der Waals surface area contributed by atoms with Crippen LogP contribution in [0.15, 0.2) is 35.2 Å². The highest BCUT2D eigenvalue weighted by Crippen LogP contribution is 2.39. The molecule has 7 nitrogen and oxygen atoms in total. The first kappa shape index (κ1) is 24.5. The van der Waals surface area contributed by atoms with E-state index in [-0.39, 0.29) is 15.6 Å². The van der Waals surface area contributed by atoms with Gasteiger partial charge in [0.05, 0.1) is 28.8 Å². The molecule has 0 radical (unpaired) electrons. The lowest BCUT2D eigenvalue weighted by atomic mass is 10.1. The number of anilines is 1. The third-order valence-corrected chi connectivity index (χ3v) is 5.49. The number of nitrogens with one attached hydrogen (secondary N) is 1. The largest absolute Gasteiger partial charge is 0.490 e. The molecule has 11 heteroatoms. The van der Waals surface area contributed by atoms with Crippen LogP contribution in [0.25, 0.3) is 6.08 Å². The molecule has 1 saturated heterocycles. The molecule has 0 atom stereocenters. The van der Waals surface area contributed by atoms with Gasteiger partial charge < -0.3 is 14.8 Å². The maximum Gasteiger partial charge on any atom is 0.294 e. The number of ether oxygens (including phenoxy) is 2. The fraction of sp³-hybridized carbons (Fsp3) is 0.227. The molecule has 3 rings (SSSR count). The van der Waals surface area contributed by atoms with Crippen molar-refractivity contribution in [3.8, 4) is 11.5 Å². The molecule has 174 valence electrons. The summed E-state index contributed by atoms with van der Waals surface area (Å²) < 4.78 is 37.8.